The average Bonchev–Trinajstić information content (AvgIpc) is 2.58. The van der Waals surface area contributed by atoms with Gasteiger partial charge in [-0.05, 0) is 38.5 Å². The van der Waals surface area contributed by atoms with Gasteiger partial charge in [-0.25, -0.2) is 13.2 Å². The van der Waals surface area contributed by atoms with Crippen LogP contribution in [0.5, 0.6) is 11.5 Å². The molecular weight excluding hydrogens is 398 g/mol. The molecule has 1 atom stereocenters. The molecule has 0 aromatic heterocycles. The Morgan fingerprint density at radius 1 is 1.22 bits per heavy atom. The predicted octanol–water partition coefficient (Wildman–Crippen LogP) is 2.94. The highest BCUT2D eigenvalue weighted by Gasteiger charge is 2.31. The summed E-state index contributed by atoms with van der Waals surface area (Å²) >= 11 is 0. The summed E-state index contributed by atoms with van der Waals surface area (Å²) in [5.41, 5.74) is -0.00532. The van der Waals surface area contributed by atoms with Crippen LogP contribution in [-0.4, -0.2) is 58.9 Å². The lowest BCUT2D eigenvalue weighted by Gasteiger charge is -2.34. The molecule has 0 bridgehead atoms. The predicted molar refractivity (Wildman–Crippen MR) is 99.1 cm³/mol. The molecule has 1 aromatic rings. The third-order valence-corrected chi connectivity index (χ3v) is 5.17. The monoisotopic (exact) mass is 421 g/mol. The van der Waals surface area contributed by atoms with Crippen molar-refractivity contribution in [1.82, 2.24) is 4.90 Å². The van der Waals surface area contributed by atoms with Gasteiger partial charge in [0.15, 0.2) is 4.90 Å². The van der Waals surface area contributed by atoms with Crippen LogP contribution >= 0.6 is 10.7 Å². The van der Waals surface area contributed by atoms with Gasteiger partial charge in [0.2, 0.25) is 0 Å². The fourth-order valence-corrected chi connectivity index (χ4v) is 3.89. The molecule has 1 unspecified atom stereocenters. The van der Waals surface area contributed by atoms with Crippen molar-refractivity contribution >= 4 is 25.8 Å². The summed E-state index contributed by atoms with van der Waals surface area (Å²) in [5, 5.41) is 0. The Morgan fingerprint density at radius 3 is 2.22 bits per heavy atom. The van der Waals surface area contributed by atoms with Gasteiger partial charge in [0.25, 0.3) is 9.05 Å². The van der Waals surface area contributed by atoms with Gasteiger partial charge in [-0.2, -0.15) is 0 Å². The number of benzene rings is 1. The van der Waals surface area contributed by atoms with Crippen molar-refractivity contribution < 1.29 is 32.2 Å². The molecule has 1 fully saturated rings. The van der Waals surface area contributed by atoms with E-state index < -0.39 is 26.8 Å². The second-order valence-corrected chi connectivity index (χ2v) is 9.48. The molecule has 10 heteroatoms. The minimum absolute atomic E-state index is 0.0392. The van der Waals surface area contributed by atoms with Gasteiger partial charge in [0, 0.05) is 17.2 Å². The van der Waals surface area contributed by atoms with E-state index in [0.29, 0.717) is 18.7 Å². The maximum absolute atomic E-state index is 12.3. The molecule has 1 heterocycles. The Labute approximate surface area is 163 Å². The van der Waals surface area contributed by atoms with Crippen molar-refractivity contribution in [1.29, 1.82) is 0 Å². The van der Waals surface area contributed by atoms with Crippen LogP contribution in [0.1, 0.15) is 32.4 Å². The van der Waals surface area contributed by atoms with Gasteiger partial charge in [0.05, 0.1) is 27.4 Å². The van der Waals surface area contributed by atoms with Crippen molar-refractivity contribution in [3.05, 3.63) is 17.7 Å². The molecule has 1 aliphatic rings. The highest BCUT2D eigenvalue weighted by atomic mass is 35.7. The van der Waals surface area contributed by atoms with E-state index in [4.69, 9.17) is 29.6 Å². The van der Waals surface area contributed by atoms with Crippen molar-refractivity contribution in [2.75, 3.05) is 33.9 Å². The molecule has 0 saturated carbocycles. The Kier molecular flexibility index (Phi) is 6.49. The molecule has 0 aliphatic carbocycles. The molecular formula is C17H24ClNO7S. The number of morpholine rings is 1. The highest BCUT2D eigenvalue weighted by molar-refractivity contribution is 8.13. The van der Waals surface area contributed by atoms with E-state index >= 15 is 0 Å². The molecule has 8 nitrogen and oxygen atoms in total. The van der Waals surface area contributed by atoms with Crippen LogP contribution in [-0.2, 0) is 18.5 Å². The minimum atomic E-state index is -4.08. The molecule has 1 aliphatic heterocycles. The van der Waals surface area contributed by atoms with Crippen molar-refractivity contribution in [2.45, 2.75) is 37.4 Å². The van der Waals surface area contributed by atoms with Crippen molar-refractivity contribution in [3.63, 3.8) is 0 Å². The standard InChI is InChI=1S/C17H24ClNO7S/c1-17(2,3)26-16(20)19-6-7-25-14(10-19)11-8-12(23-4)15(27(18,21)22)13(9-11)24-5/h8-9,14H,6-7,10H2,1-5H3. The first kappa shape index (κ1) is 21.6. The summed E-state index contributed by atoms with van der Waals surface area (Å²) in [4.78, 5) is 13.6. The van der Waals surface area contributed by atoms with E-state index in [1.807, 2.05) is 0 Å². The van der Waals surface area contributed by atoms with E-state index in [1.54, 1.807) is 25.7 Å². The quantitative estimate of drug-likeness (QED) is 0.690. The van der Waals surface area contributed by atoms with Crippen LogP contribution in [0.4, 0.5) is 4.79 Å². The Balaban J connectivity index is 2.33. The molecule has 27 heavy (non-hydrogen) atoms. The Morgan fingerprint density at radius 2 is 1.78 bits per heavy atom. The molecule has 1 amide bonds. The number of methoxy groups -OCH3 is 2. The number of halogens is 1. The third-order valence-electron chi connectivity index (χ3n) is 3.82. The van der Waals surface area contributed by atoms with Gasteiger partial charge in [0.1, 0.15) is 23.2 Å². The fraction of sp³-hybridized carbons (Fsp3) is 0.588. The molecule has 2 rings (SSSR count). The maximum atomic E-state index is 12.3. The fourth-order valence-electron chi connectivity index (χ4n) is 2.67. The van der Waals surface area contributed by atoms with Crippen molar-refractivity contribution in [2.24, 2.45) is 0 Å². The number of hydrogen-bond acceptors (Lipinski definition) is 7. The third kappa shape index (κ3) is 5.40. The van der Waals surface area contributed by atoms with Gasteiger partial charge < -0.3 is 23.8 Å². The number of ether oxygens (including phenoxy) is 4. The van der Waals surface area contributed by atoms with Gasteiger partial charge in [-0.15, -0.1) is 0 Å². The van der Waals surface area contributed by atoms with E-state index in [0.717, 1.165) is 0 Å². The zero-order chi connectivity index (χ0) is 20.4. The lowest BCUT2D eigenvalue weighted by molar-refractivity contribution is -0.0433. The lowest BCUT2D eigenvalue weighted by Crippen LogP contribution is -2.44. The SMILES string of the molecule is COc1cc(C2CN(C(=O)OC(C)(C)C)CCO2)cc(OC)c1S(=O)(=O)Cl. The normalized spacial score (nSPS) is 18.1. The zero-order valence-electron chi connectivity index (χ0n) is 15.9. The van der Waals surface area contributed by atoms with Crippen LogP contribution in [0.25, 0.3) is 0 Å². The summed E-state index contributed by atoms with van der Waals surface area (Å²) < 4.78 is 45.2. The first-order chi connectivity index (χ1) is 12.5. The second kappa shape index (κ2) is 8.12. The minimum Gasteiger partial charge on any atom is -0.495 e. The topological polar surface area (TPSA) is 91.4 Å². The Hall–Kier alpha value is -1.71. The van der Waals surface area contributed by atoms with E-state index in [1.165, 1.54) is 26.4 Å². The number of amides is 1. The van der Waals surface area contributed by atoms with Gasteiger partial charge >= 0.3 is 6.09 Å². The second-order valence-electron chi connectivity index (χ2n) is 6.98. The molecule has 0 N–H and O–H groups in total. The summed E-state index contributed by atoms with van der Waals surface area (Å²) in [5.74, 6) is 0.0784. The van der Waals surface area contributed by atoms with Crippen LogP contribution in [0.3, 0.4) is 0 Å². The number of carbonyl (C=O) groups excluding carboxylic acids is 1. The lowest BCUT2D eigenvalue weighted by atomic mass is 10.1. The van der Waals surface area contributed by atoms with Gasteiger partial charge in [-0.3, -0.25) is 0 Å². The molecule has 152 valence electrons. The van der Waals surface area contributed by atoms with Crippen LogP contribution < -0.4 is 9.47 Å². The number of nitrogens with zero attached hydrogens (tertiary/aromatic N) is 1. The first-order valence-corrected chi connectivity index (χ1v) is 10.6. The van der Waals surface area contributed by atoms with Crippen LogP contribution in [0.15, 0.2) is 17.0 Å². The zero-order valence-corrected chi connectivity index (χ0v) is 17.5. The molecule has 1 saturated heterocycles. The summed E-state index contributed by atoms with van der Waals surface area (Å²) in [6.45, 7) is 6.34. The van der Waals surface area contributed by atoms with E-state index in [-0.39, 0.29) is 22.9 Å². The number of carbonyl (C=O) groups is 1. The van der Waals surface area contributed by atoms with Crippen molar-refractivity contribution in [3.8, 4) is 11.5 Å². The molecule has 0 spiro atoms. The molecule has 1 aromatic carbocycles. The van der Waals surface area contributed by atoms with Crippen LogP contribution in [0.2, 0.25) is 0 Å². The van der Waals surface area contributed by atoms with E-state index in [9.17, 15) is 13.2 Å². The van der Waals surface area contributed by atoms with Gasteiger partial charge in [-0.1, -0.05) is 0 Å². The smallest absolute Gasteiger partial charge is 0.410 e. The Bertz CT molecular complexity index is 779. The summed E-state index contributed by atoms with van der Waals surface area (Å²) in [6.07, 6.45) is -0.934. The molecule has 0 radical (unpaired) electrons. The number of hydrogen-bond donors (Lipinski definition) is 0. The first-order valence-electron chi connectivity index (χ1n) is 8.26. The van der Waals surface area contributed by atoms with E-state index in [2.05, 4.69) is 0 Å². The average molecular weight is 422 g/mol. The largest absolute Gasteiger partial charge is 0.495 e. The number of rotatable bonds is 4. The maximum Gasteiger partial charge on any atom is 0.410 e. The summed E-state index contributed by atoms with van der Waals surface area (Å²) in [7, 11) is 4.08. The highest BCUT2D eigenvalue weighted by Crippen LogP contribution is 2.39. The van der Waals surface area contributed by atoms with Crippen LogP contribution in [0, 0.1) is 0 Å². The summed E-state index contributed by atoms with van der Waals surface area (Å²) in [6, 6.07) is 3.03.